The molecule has 3 rings (SSSR count). The van der Waals surface area contributed by atoms with Gasteiger partial charge in [0.25, 0.3) is 10.9 Å². The molecule has 0 saturated heterocycles. The van der Waals surface area contributed by atoms with Crippen LogP contribution in [0.25, 0.3) is 0 Å². The highest BCUT2D eigenvalue weighted by Crippen LogP contribution is 2.29. The molecule has 0 heterocycles. The zero-order valence-electron chi connectivity index (χ0n) is 12.0. The number of anilines is 4. The van der Waals surface area contributed by atoms with Crippen LogP contribution >= 0.6 is 0 Å². The van der Waals surface area contributed by atoms with Gasteiger partial charge in [-0.05, 0) is 18.2 Å². The second-order valence-electron chi connectivity index (χ2n) is 4.99. The molecule has 0 saturated carbocycles. The van der Waals surface area contributed by atoms with E-state index in [-0.39, 0.29) is 23.7 Å². The molecule has 0 aliphatic carbocycles. The van der Waals surface area contributed by atoms with Gasteiger partial charge in [-0.3, -0.25) is 9.59 Å². The lowest BCUT2D eigenvalue weighted by atomic mass is 10.1. The number of nitrogens with one attached hydrogen (secondary N) is 2. The van der Waals surface area contributed by atoms with E-state index >= 15 is 0 Å². The second-order valence-corrected chi connectivity index (χ2v) is 4.99. The lowest BCUT2D eigenvalue weighted by Gasteiger charge is -2.17. The Balaban J connectivity index is 1.93. The number of hydrogen-bond donors (Lipinski definition) is 4. The van der Waals surface area contributed by atoms with Crippen LogP contribution in [0.5, 0.6) is 5.75 Å². The number of rotatable bonds is 5. The summed E-state index contributed by atoms with van der Waals surface area (Å²) in [7, 11) is 0. The van der Waals surface area contributed by atoms with E-state index in [1.54, 1.807) is 42.5 Å². The summed E-state index contributed by atoms with van der Waals surface area (Å²) in [5.74, 6) is -0.0257. The zero-order chi connectivity index (χ0) is 16.4. The van der Waals surface area contributed by atoms with Crippen molar-refractivity contribution in [1.29, 1.82) is 0 Å². The first kappa shape index (κ1) is 14.8. The molecular formula is C17H14N2O4. The van der Waals surface area contributed by atoms with Gasteiger partial charge in [0.05, 0.1) is 12.3 Å². The molecule has 6 nitrogen and oxygen atoms in total. The van der Waals surface area contributed by atoms with Crippen molar-refractivity contribution in [2.24, 2.45) is 0 Å². The number of aliphatic hydroxyl groups excluding tert-OH is 1. The summed E-state index contributed by atoms with van der Waals surface area (Å²) in [6.45, 7) is -0.194. The monoisotopic (exact) mass is 310 g/mol. The van der Waals surface area contributed by atoms with Crippen molar-refractivity contribution in [3.05, 3.63) is 74.5 Å². The molecule has 0 radical (unpaired) electrons. The highest BCUT2D eigenvalue weighted by Gasteiger charge is 2.22. The van der Waals surface area contributed by atoms with Crippen LogP contribution in [0.2, 0.25) is 0 Å². The number of phenols is 1. The fourth-order valence-electron chi connectivity index (χ4n) is 2.26. The van der Waals surface area contributed by atoms with Crippen molar-refractivity contribution in [3.8, 4) is 5.75 Å². The fourth-order valence-corrected chi connectivity index (χ4v) is 2.26. The summed E-state index contributed by atoms with van der Waals surface area (Å²) in [6.07, 6.45) is 0. The lowest BCUT2D eigenvalue weighted by molar-refractivity contribution is 0.282. The van der Waals surface area contributed by atoms with Crippen LogP contribution in [0.15, 0.2) is 58.1 Å². The topological polar surface area (TPSA) is 98.7 Å². The quantitative estimate of drug-likeness (QED) is 0.425. The summed E-state index contributed by atoms with van der Waals surface area (Å²) in [4.78, 5) is 23.6. The lowest BCUT2D eigenvalue weighted by Crippen LogP contribution is -2.35. The molecule has 6 heteroatoms. The van der Waals surface area contributed by atoms with Gasteiger partial charge in [0.2, 0.25) is 0 Å². The summed E-state index contributed by atoms with van der Waals surface area (Å²) in [5, 5.41) is 24.7. The number of hydrogen-bond acceptors (Lipinski definition) is 6. The molecule has 23 heavy (non-hydrogen) atoms. The van der Waals surface area contributed by atoms with Gasteiger partial charge in [0.15, 0.2) is 0 Å². The van der Waals surface area contributed by atoms with E-state index in [9.17, 15) is 19.8 Å². The van der Waals surface area contributed by atoms with Crippen molar-refractivity contribution >= 4 is 22.7 Å². The predicted octanol–water partition coefficient (Wildman–Crippen LogP) is 1.97. The van der Waals surface area contributed by atoms with Crippen molar-refractivity contribution < 1.29 is 10.2 Å². The fraction of sp³-hybridized carbons (Fsp3) is 0.0588. The van der Waals surface area contributed by atoms with Crippen LogP contribution < -0.4 is 21.5 Å². The molecule has 0 aliphatic rings. The SMILES string of the molecule is O=c1c(Nc2ccccc2O)c(Nc2ccccc2CO)c1=O. The van der Waals surface area contributed by atoms with E-state index in [0.717, 1.165) is 0 Å². The molecule has 0 aliphatic heterocycles. The van der Waals surface area contributed by atoms with E-state index in [4.69, 9.17) is 0 Å². The first-order valence-electron chi connectivity index (χ1n) is 6.96. The third-order valence-electron chi connectivity index (χ3n) is 3.52. The largest absolute Gasteiger partial charge is 0.506 e. The van der Waals surface area contributed by atoms with Gasteiger partial charge >= 0.3 is 0 Å². The molecule has 116 valence electrons. The van der Waals surface area contributed by atoms with E-state index in [1.807, 2.05) is 0 Å². The summed E-state index contributed by atoms with van der Waals surface area (Å²) in [6, 6.07) is 13.3. The minimum Gasteiger partial charge on any atom is -0.506 e. The number of para-hydroxylation sites is 3. The van der Waals surface area contributed by atoms with Gasteiger partial charge in [0, 0.05) is 11.3 Å². The van der Waals surface area contributed by atoms with E-state index in [2.05, 4.69) is 10.6 Å². The Hall–Kier alpha value is -3.12. The first-order chi connectivity index (χ1) is 11.1. The first-order valence-corrected chi connectivity index (χ1v) is 6.96. The highest BCUT2D eigenvalue weighted by molar-refractivity contribution is 5.83. The Morgan fingerprint density at radius 3 is 1.91 bits per heavy atom. The minimum atomic E-state index is -0.655. The molecule has 0 unspecified atom stereocenters. The molecule has 0 amide bonds. The second kappa shape index (κ2) is 5.94. The maximum atomic E-state index is 11.8. The molecule has 0 aromatic heterocycles. The predicted molar refractivity (Wildman–Crippen MR) is 88.4 cm³/mol. The molecule has 0 fully saturated rings. The van der Waals surface area contributed by atoms with Crippen molar-refractivity contribution in [2.75, 3.05) is 10.6 Å². The number of phenolic OH excluding ortho intramolecular Hbond substituents is 1. The van der Waals surface area contributed by atoms with Gasteiger partial charge in [-0.1, -0.05) is 30.3 Å². The Morgan fingerprint density at radius 2 is 1.30 bits per heavy atom. The van der Waals surface area contributed by atoms with Gasteiger partial charge in [-0.2, -0.15) is 0 Å². The van der Waals surface area contributed by atoms with E-state index in [0.29, 0.717) is 16.9 Å². The molecule has 0 bridgehead atoms. The summed E-state index contributed by atoms with van der Waals surface area (Å²) < 4.78 is 0. The maximum absolute atomic E-state index is 11.8. The minimum absolute atomic E-state index is 0.0257. The average Bonchev–Trinajstić information content (AvgIpc) is 2.59. The average molecular weight is 310 g/mol. The van der Waals surface area contributed by atoms with Crippen LogP contribution in [0.3, 0.4) is 0 Å². The molecule has 0 spiro atoms. The van der Waals surface area contributed by atoms with Gasteiger partial charge in [-0.25, -0.2) is 0 Å². The Kier molecular flexibility index (Phi) is 3.82. The Labute approximate surface area is 131 Å². The highest BCUT2D eigenvalue weighted by atomic mass is 16.3. The summed E-state index contributed by atoms with van der Waals surface area (Å²) in [5.41, 5.74) is 0.380. The van der Waals surface area contributed by atoms with Crippen LogP contribution in [-0.2, 0) is 6.61 Å². The third kappa shape index (κ3) is 2.67. The molecule has 3 aromatic carbocycles. The van der Waals surface area contributed by atoms with Gasteiger partial charge in [0.1, 0.15) is 17.1 Å². The standard InChI is InChI=1S/C17H14N2O4/c20-9-10-5-1-2-6-11(10)18-14-15(17(23)16(14)22)19-12-7-3-4-8-13(12)21/h1-8,18-21H,9H2. The van der Waals surface area contributed by atoms with Crippen molar-refractivity contribution in [2.45, 2.75) is 6.61 Å². The maximum Gasteiger partial charge on any atom is 0.253 e. The van der Waals surface area contributed by atoms with Crippen LogP contribution in [0.1, 0.15) is 5.56 Å². The van der Waals surface area contributed by atoms with Gasteiger partial charge < -0.3 is 20.8 Å². The van der Waals surface area contributed by atoms with Crippen LogP contribution in [0.4, 0.5) is 22.7 Å². The number of benzene rings is 2. The molecule has 4 N–H and O–H groups in total. The van der Waals surface area contributed by atoms with Crippen molar-refractivity contribution in [1.82, 2.24) is 0 Å². The molecule has 0 atom stereocenters. The smallest absolute Gasteiger partial charge is 0.253 e. The molecular weight excluding hydrogens is 296 g/mol. The van der Waals surface area contributed by atoms with Crippen LogP contribution in [0, 0.1) is 0 Å². The van der Waals surface area contributed by atoms with E-state index in [1.165, 1.54) is 6.07 Å². The number of aliphatic hydroxyl groups is 1. The Bertz CT molecular complexity index is 926. The van der Waals surface area contributed by atoms with E-state index < -0.39 is 10.9 Å². The van der Waals surface area contributed by atoms with Crippen LogP contribution in [-0.4, -0.2) is 10.2 Å². The summed E-state index contributed by atoms with van der Waals surface area (Å²) >= 11 is 0. The zero-order valence-corrected chi connectivity index (χ0v) is 12.0. The van der Waals surface area contributed by atoms with Gasteiger partial charge in [-0.15, -0.1) is 0 Å². The third-order valence-corrected chi connectivity index (χ3v) is 3.52. The molecule has 3 aromatic rings. The normalized spacial score (nSPS) is 10.7. The number of aromatic hydroxyl groups is 1. The van der Waals surface area contributed by atoms with Crippen molar-refractivity contribution in [3.63, 3.8) is 0 Å². The Morgan fingerprint density at radius 1 is 0.783 bits per heavy atom.